The van der Waals surface area contributed by atoms with Crippen LogP contribution in [0.1, 0.15) is 19.4 Å². The van der Waals surface area contributed by atoms with Crippen LogP contribution in [-0.4, -0.2) is 42.6 Å². The monoisotopic (exact) mass is 275 g/mol. The molecule has 20 heavy (non-hydrogen) atoms. The van der Waals surface area contributed by atoms with Crippen LogP contribution in [0, 0.1) is 0 Å². The van der Waals surface area contributed by atoms with Crippen molar-refractivity contribution in [3.8, 4) is 5.75 Å². The third-order valence-electron chi connectivity index (χ3n) is 3.82. The molecule has 0 spiro atoms. The van der Waals surface area contributed by atoms with Crippen molar-refractivity contribution in [1.29, 1.82) is 0 Å². The summed E-state index contributed by atoms with van der Waals surface area (Å²) in [5.74, 6) is 0.656. The molecule has 5 heteroatoms. The van der Waals surface area contributed by atoms with Crippen molar-refractivity contribution in [2.45, 2.75) is 26.0 Å². The lowest BCUT2D eigenvalue weighted by Crippen LogP contribution is -2.45. The lowest BCUT2D eigenvalue weighted by Gasteiger charge is -2.32. The molecule has 1 amide bonds. The van der Waals surface area contributed by atoms with Crippen molar-refractivity contribution >= 4 is 11.6 Å². The summed E-state index contributed by atoms with van der Waals surface area (Å²) in [6.07, 6.45) is 0. The number of piperazine rings is 1. The summed E-state index contributed by atoms with van der Waals surface area (Å²) in [6.45, 7) is 8.67. The Labute approximate surface area is 119 Å². The van der Waals surface area contributed by atoms with E-state index in [9.17, 15) is 4.79 Å². The molecule has 2 aliphatic rings. The fourth-order valence-corrected chi connectivity index (χ4v) is 2.58. The van der Waals surface area contributed by atoms with E-state index in [1.165, 1.54) is 5.56 Å². The van der Waals surface area contributed by atoms with Gasteiger partial charge in [0.1, 0.15) is 5.75 Å². The molecule has 2 heterocycles. The summed E-state index contributed by atoms with van der Waals surface area (Å²) >= 11 is 0. The van der Waals surface area contributed by atoms with Gasteiger partial charge in [0, 0.05) is 32.7 Å². The lowest BCUT2D eigenvalue weighted by molar-refractivity contribution is -0.129. The molecule has 0 bridgehead atoms. The lowest BCUT2D eigenvalue weighted by atomic mass is 10.0. The second-order valence-electron chi connectivity index (χ2n) is 5.92. The number of rotatable bonds is 2. The third-order valence-corrected chi connectivity index (χ3v) is 3.82. The highest BCUT2D eigenvalue weighted by Crippen LogP contribution is 2.34. The molecule has 0 aromatic heterocycles. The first-order valence-corrected chi connectivity index (χ1v) is 7.11. The van der Waals surface area contributed by atoms with Crippen molar-refractivity contribution in [2.24, 2.45) is 0 Å². The standard InChI is InChI=1S/C15H21N3O2/c1-15(2)14(19)17-12-9-11(3-4-13(12)20-15)10-18-7-5-16-6-8-18/h3-4,9,16H,5-8,10H2,1-2H3,(H,17,19). The molecule has 2 aliphatic heterocycles. The van der Waals surface area contributed by atoms with Crippen LogP contribution in [0.4, 0.5) is 5.69 Å². The van der Waals surface area contributed by atoms with Gasteiger partial charge >= 0.3 is 0 Å². The Balaban J connectivity index is 1.76. The van der Waals surface area contributed by atoms with Gasteiger partial charge in [-0.1, -0.05) is 6.07 Å². The predicted molar refractivity (Wildman–Crippen MR) is 77.9 cm³/mol. The zero-order chi connectivity index (χ0) is 14.2. The fourth-order valence-electron chi connectivity index (χ4n) is 2.58. The van der Waals surface area contributed by atoms with Crippen LogP contribution < -0.4 is 15.4 Å². The molecule has 0 saturated carbocycles. The van der Waals surface area contributed by atoms with Crippen LogP contribution in [0.15, 0.2) is 18.2 Å². The molecule has 2 N–H and O–H groups in total. The highest BCUT2D eigenvalue weighted by Gasteiger charge is 2.35. The molecule has 1 aromatic rings. The molecule has 1 aromatic carbocycles. The van der Waals surface area contributed by atoms with Crippen LogP contribution in [-0.2, 0) is 11.3 Å². The van der Waals surface area contributed by atoms with Crippen LogP contribution in [0.5, 0.6) is 5.75 Å². The molecule has 1 saturated heterocycles. The number of ether oxygens (including phenoxy) is 1. The maximum absolute atomic E-state index is 11.9. The van der Waals surface area contributed by atoms with Crippen LogP contribution in [0.2, 0.25) is 0 Å². The summed E-state index contributed by atoms with van der Waals surface area (Å²) in [5.41, 5.74) is 1.18. The fraction of sp³-hybridized carbons (Fsp3) is 0.533. The maximum Gasteiger partial charge on any atom is 0.268 e. The quantitative estimate of drug-likeness (QED) is 0.851. The van der Waals surface area contributed by atoms with E-state index in [0.29, 0.717) is 0 Å². The number of carbonyl (C=O) groups excluding carboxylic acids is 1. The van der Waals surface area contributed by atoms with Gasteiger partial charge in [0.25, 0.3) is 5.91 Å². The molecule has 0 atom stereocenters. The van der Waals surface area contributed by atoms with Gasteiger partial charge in [-0.25, -0.2) is 0 Å². The minimum absolute atomic E-state index is 0.0932. The van der Waals surface area contributed by atoms with Crippen LogP contribution >= 0.6 is 0 Å². The van der Waals surface area contributed by atoms with E-state index >= 15 is 0 Å². The Morgan fingerprint density at radius 3 is 2.80 bits per heavy atom. The molecule has 0 radical (unpaired) electrons. The Morgan fingerprint density at radius 2 is 2.05 bits per heavy atom. The van der Waals surface area contributed by atoms with E-state index in [2.05, 4.69) is 21.6 Å². The number of nitrogens with zero attached hydrogens (tertiary/aromatic N) is 1. The first-order chi connectivity index (χ1) is 9.54. The smallest absolute Gasteiger partial charge is 0.268 e. The van der Waals surface area contributed by atoms with Gasteiger partial charge in [-0.3, -0.25) is 9.69 Å². The minimum atomic E-state index is -0.799. The second kappa shape index (κ2) is 5.07. The minimum Gasteiger partial charge on any atom is -0.476 e. The van der Waals surface area contributed by atoms with E-state index in [4.69, 9.17) is 4.74 Å². The van der Waals surface area contributed by atoms with E-state index in [1.54, 1.807) is 13.8 Å². The van der Waals surface area contributed by atoms with Crippen molar-refractivity contribution in [2.75, 3.05) is 31.5 Å². The average molecular weight is 275 g/mol. The SMILES string of the molecule is CC1(C)Oc2ccc(CN3CCNCC3)cc2NC1=O. The highest BCUT2D eigenvalue weighted by atomic mass is 16.5. The van der Waals surface area contributed by atoms with Gasteiger partial charge in [-0.15, -0.1) is 0 Å². The third kappa shape index (κ3) is 2.64. The van der Waals surface area contributed by atoms with Crippen molar-refractivity contribution < 1.29 is 9.53 Å². The average Bonchev–Trinajstić information content (AvgIpc) is 2.41. The number of carbonyl (C=O) groups is 1. The molecule has 5 nitrogen and oxygen atoms in total. The molecule has 0 unspecified atom stereocenters. The van der Waals surface area contributed by atoms with Gasteiger partial charge in [-0.05, 0) is 31.5 Å². The summed E-state index contributed by atoms with van der Waals surface area (Å²) in [6, 6.07) is 6.05. The topological polar surface area (TPSA) is 53.6 Å². The zero-order valence-electron chi connectivity index (χ0n) is 12.0. The zero-order valence-corrected chi connectivity index (χ0v) is 12.0. The molecule has 0 aliphatic carbocycles. The van der Waals surface area contributed by atoms with Crippen LogP contribution in [0.3, 0.4) is 0 Å². The maximum atomic E-state index is 11.9. The predicted octanol–water partition coefficient (Wildman–Crippen LogP) is 1.20. The van der Waals surface area contributed by atoms with Gasteiger partial charge in [0.2, 0.25) is 0 Å². The van der Waals surface area contributed by atoms with E-state index in [0.717, 1.165) is 44.2 Å². The first-order valence-electron chi connectivity index (χ1n) is 7.11. The molecule has 3 rings (SSSR count). The first kappa shape index (κ1) is 13.4. The summed E-state index contributed by atoms with van der Waals surface area (Å²) in [5, 5.41) is 6.28. The number of hydrogen-bond donors (Lipinski definition) is 2. The number of anilines is 1. The normalized spacial score (nSPS) is 21.8. The Morgan fingerprint density at radius 1 is 1.30 bits per heavy atom. The van der Waals surface area contributed by atoms with Crippen LogP contribution in [0.25, 0.3) is 0 Å². The summed E-state index contributed by atoms with van der Waals surface area (Å²) in [7, 11) is 0. The Hall–Kier alpha value is -1.59. The Kier molecular flexibility index (Phi) is 3.40. The molecule has 1 fully saturated rings. The van der Waals surface area contributed by atoms with Gasteiger partial charge in [0.05, 0.1) is 5.69 Å². The van der Waals surface area contributed by atoms with E-state index < -0.39 is 5.60 Å². The second-order valence-corrected chi connectivity index (χ2v) is 5.92. The number of hydrogen-bond acceptors (Lipinski definition) is 4. The van der Waals surface area contributed by atoms with Gasteiger partial charge < -0.3 is 15.4 Å². The molecular weight excluding hydrogens is 254 g/mol. The number of benzene rings is 1. The van der Waals surface area contributed by atoms with Crippen molar-refractivity contribution in [3.05, 3.63) is 23.8 Å². The van der Waals surface area contributed by atoms with E-state index in [-0.39, 0.29) is 5.91 Å². The summed E-state index contributed by atoms with van der Waals surface area (Å²) in [4.78, 5) is 14.3. The Bertz CT molecular complexity index is 522. The number of amides is 1. The highest BCUT2D eigenvalue weighted by molar-refractivity contribution is 6.00. The summed E-state index contributed by atoms with van der Waals surface area (Å²) < 4.78 is 5.74. The van der Waals surface area contributed by atoms with E-state index in [1.807, 2.05) is 12.1 Å². The molecule has 108 valence electrons. The van der Waals surface area contributed by atoms with Crippen molar-refractivity contribution in [1.82, 2.24) is 10.2 Å². The van der Waals surface area contributed by atoms with Gasteiger partial charge in [-0.2, -0.15) is 0 Å². The number of fused-ring (bicyclic) bond motifs is 1. The van der Waals surface area contributed by atoms with Gasteiger partial charge in [0.15, 0.2) is 5.60 Å². The number of nitrogens with one attached hydrogen (secondary N) is 2. The molecular formula is C15H21N3O2. The largest absolute Gasteiger partial charge is 0.476 e. The van der Waals surface area contributed by atoms with Crippen molar-refractivity contribution in [3.63, 3.8) is 0 Å².